The van der Waals surface area contributed by atoms with Crippen LogP contribution in [-0.2, 0) is 32.6 Å². The van der Waals surface area contributed by atoms with Crippen molar-refractivity contribution >= 4 is 39.1 Å². The number of rotatable bonds is 14. The van der Waals surface area contributed by atoms with Crippen LogP contribution in [0.15, 0.2) is 72.8 Å². The summed E-state index contributed by atoms with van der Waals surface area (Å²) >= 11 is 6.50. The van der Waals surface area contributed by atoms with Crippen LogP contribution in [-0.4, -0.2) is 50.0 Å². The highest BCUT2D eigenvalue weighted by Crippen LogP contribution is 2.26. The van der Waals surface area contributed by atoms with E-state index in [2.05, 4.69) is 5.32 Å². The summed E-state index contributed by atoms with van der Waals surface area (Å²) in [7, 11) is -3.59. The second-order valence-corrected chi connectivity index (χ2v) is 13.1. The maximum absolute atomic E-state index is 14.0. The molecule has 42 heavy (non-hydrogen) atoms. The number of hydrogen-bond donors (Lipinski definition) is 1. The fourth-order valence-electron chi connectivity index (χ4n) is 4.79. The van der Waals surface area contributed by atoms with Crippen molar-refractivity contribution in [3.8, 4) is 0 Å². The number of nitrogens with one attached hydrogen (secondary N) is 1. The molecule has 2 amide bonds. The van der Waals surface area contributed by atoms with Gasteiger partial charge in [-0.3, -0.25) is 13.9 Å². The molecule has 0 saturated carbocycles. The number of halogens is 1. The van der Waals surface area contributed by atoms with Crippen molar-refractivity contribution in [2.75, 3.05) is 17.1 Å². The van der Waals surface area contributed by atoms with Crippen LogP contribution in [0.2, 0.25) is 5.02 Å². The number of nitrogens with zero attached hydrogens (tertiary/aromatic N) is 2. The molecule has 226 valence electrons. The molecule has 0 saturated heterocycles. The van der Waals surface area contributed by atoms with Crippen LogP contribution in [0.3, 0.4) is 0 Å². The normalized spacial score (nSPS) is 12.8. The Morgan fingerprint density at radius 3 is 2.26 bits per heavy atom. The molecule has 0 unspecified atom stereocenters. The number of anilines is 1. The minimum Gasteiger partial charge on any atom is -0.352 e. The quantitative estimate of drug-likeness (QED) is 0.240. The zero-order chi connectivity index (χ0) is 30.9. The van der Waals surface area contributed by atoms with E-state index in [9.17, 15) is 18.0 Å². The lowest BCUT2D eigenvalue weighted by Crippen LogP contribution is -2.52. The van der Waals surface area contributed by atoms with Gasteiger partial charge in [-0.15, -0.1) is 0 Å². The number of aryl methyl sites for hydroxylation is 1. The number of carbonyl (C=O) groups is 2. The van der Waals surface area contributed by atoms with Crippen LogP contribution in [0, 0.1) is 13.8 Å². The van der Waals surface area contributed by atoms with E-state index in [1.165, 1.54) is 10.6 Å². The zero-order valence-corrected chi connectivity index (χ0v) is 26.7. The first-order chi connectivity index (χ1) is 19.9. The van der Waals surface area contributed by atoms with E-state index in [4.69, 9.17) is 11.6 Å². The molecule has 3 aromatic carbocycles. The van der Waals surface area contributed by atoms with E-state index in [1.807, 2.05) is 88.4 Å². The molecule has 0 fully saturated rings. The molecule has 0 heterocycles. The summed E-state index contributed by atoms with van der Waals surface area (Å²) in [5, 5.41) is 3.57. The van der Waals surface area contributed by atoms with Crippen molar-refractivity contribution in [2.45, 2.75) is 72.0 Å². The predicted octanol–water partition coefficient (Wildman–Crippen LogP) is 6.06. The number of carbonyl (C=O) groups excluding carboxylic acids is 2. The van der Waals surface area contributed by atoms with Gasteiger partial charge < -0.3 is 10.2 Å². The minimum atomic E-state index is -3.59. The number of sulfonamides is 1. The molecule has 3 aromatic rings. The lowest BCUT2D eigenvalue weighted by molar-refractivity contribution is -0.141. The van der Waals surface area contributed by atoms with E-state index in [1.54, 1.807) is 17.0 Å². The molecule has 1 N–H and O–H groups in total. The molecule has 0 aliphatic carbocycles. The summed E-state index contributed by atoms with van der Waals surface area (Å²) in [4.78, 5) is 29.2. The monoisotopic (exact) mass is 611 g/mol. The van der Waals surface area contributed by atoms with E-state index in [0.29, 0.717) is 17.1 Å². The zero-order valence-electron chi connectivity index (χ0n) is 25.1. The van der Waals surface area contributed by atoms with Crippen LogP contribution in [0.5, 0.6) is 0 Å². The van der Waals surface area contributed by atoms with E-state index in [0.717, 1.165) is 28.7 Å². The van der Waals surface area contributed by atoms with Crippen molar-refractivity contribution < 1.29 is 18.0 Å². The lowest BCUT2D eigenvalue weighted by atomic mass is 10.0. The third-order valence-corrected chi connectivity index (χ3v) is 9.12. The molecular formula is C33H42ClN3O4S. The molecule has 0 spiro atoms. The number of hydrogen-bond acceptors (Lipinski definition) is 4. The number of benzene rings is 3. The van der Waals surface area contributed by atoms with E-state index in [-0.39, 0.29) is 43.8 Å². The van der Waals surface area contributed by atoms with Gasteiger partial charge in [0, 0.05) is 37.0 Å². The van der Waals surface area contributed by atoms with Gasteiger partial charge in [-0.2, -0.15) is 0 Å². The molecule has 3 rings (SSSR count). The maximum Gasteiger partial charge on any atom is 0.243 e. The summed E-state index contributed by atoms with van der Waals surface area (Å²) in [5.41, 5.74) is 4.12. The van der Waals surface area contributed by atoms with Crippen LogP contribution < -0.4 is 9.62 Å². The van der Waals surface area contributed by atoms with Gasteiger partial charge in [0.25, 0.3) is 0 Å². The van der Waals surface area contributed by atoms with Gasteiger partial charge in [-0.25, -0.2) is 8.42 Å². The highest BCUT2D eigenvalue weighted by Gasteiger charge is 2.31. The summed E-state index contributed by atoms with van der Waals surface area (Å²) < 4.78 is 26.9. The summed E-state index contributed by atoms with van der Waals surface area (Å²) in [6.45, 7) is 8.04. The van der Waals surface area contributed by atoms with Gasteiger partial charge in [-0.05, 0) is 68.0 Å². The van der Waals surface area contributed by atoms with Crippen LogP contribution in [0.25, 0.3) is 0 Å². The SMILES string of the molecule is CC[C@@H](C)NC(=O)[C@@H](Cc1ccccc1)N(Cc1ccccc1Cl)C(=O)CCCN(c1cccc(C)c1C)S(C)(=O)=O. The minimum absolute atomic E-state index is 0.0588. The van der Waals surface area contributed by atoms with Crippen molar-refractivity contribution in [1.29, 1.82) is 0 Å². The maximum atomic E-state index is 14.0. The van der Waals surface area contributed by atoms with Gasteiger partial charge in [0.15, 0.2) is 0 Å². The summed E-state index contributed by atoms with van der Waals surface area (Å²) in [6.07, 6.45) is 2.60. The van der Waals surface area contributed by atoms with Gasteiger partial charge in [0.2, 0.25) is 21.8 Å². The highest BCUT2D eigenvalue weighted by atomic mass is 35.5. The van der Waals surface area contributed by atoms with Gasteiger partial charge in [-0.1, -0.05) is 79.2 Å². The third kappa shape index (κ3) is 9.07. The molecular weight excluding hydrogens is 570 g/mol. The first kappa shape index (κ1) is 33.1. The Morgan fingerprint density at radius 1 is 0.952 bits per heavy atom. The second-order valence-electron chi connectivity index (χ2n) is 10.8. The molecule has 0 aliphatic rings. The van der Waals surface area contributed by atoms with Gasteiger partial charge in [0.1, 0.15) is 6.04 Å². The van der Waals surface area contributed by atoms with Crippen LogP contribution in [0.4, 0.5) is 5.69 Å². The average Bonchev–Trinajstić information content (AvgIpc) is 2.95. The first-order valence-corrected chi connectivity index (χ1v) is 16.6. The van der Waals surface area contributed by atoms with Gasteiger partial charge in [0.05, 0.1) is 11.9 Å². The Kier molecular flexibility index (Phi) is 12.0. The lowest BCUT2D eigenvalue weighted by Gasteiger charge is -2.33. The molecule has 0 aliphatic heterocycles. The Morgan fingerprint density at radius 2 is 1.62 bits per heavy atom. The van der Waals surface area contributed by atoms with Crippen LogP contribution >= 0.6 is 11.6 Å². The largest absolute Gasteiger partial charge is 0.352 e. The molecule has 9 heteroatoms. The Bertz CT molecular complexity index is 1460. The van der Waals surface area contributed by atoms with Crippen LogP contribution in [0.1, 0.15) is 55.4 Å². The Labute approximate surface area is 255 Å². The van der Waals surface area contributed by atoms with Crippen molar-refractivity contribution in [1.82, 2.24) is 10.2 Å². The third-order valence-electron chi connectivity index (χ3n) is 7.57. The van der Waals surface area contributed by atoms with E-state index < -0.39 is 16.1 Å². The first-order valence-electron chi connectivity index (χ1n) is 14.3. The molecule has 2 atom stereocenters. The standard InChI is InChI=1S/C33H42ClN3O4S/c1-6-25(3)35-33(39)31(22-27-15-8-7-9-16-27)36(23-28-17-10-11-18-29(28)34)32(38)20-13-21-37(42(5,40)41)30-19-12-14-24(2)26(30)4/h7-12,14-19,25,31H,6,13,20-23H2,1-5H3,(H,35,39)/t25-,31-/m1/s1. The van der Waals surface area contributed by atoms with Crippen molar-refractivity contribution in [3.63, 3.8) is 0 Å². The molecule has 0 bridgehead atoms. The highest BCUT2D eigenvalue weighted by molar-refractivity contribution is 7.92. The molecule has 7 nitrogen and oxygen atoms in total. The fourth-order valence-corrected chi connectivity index (χ4v) is 6.00. The fraction of sp³-hybridized carbons (Fsp3) is 0.394. The number of amides is 2. The smallest absolute Gasteiger partial charge is 0.243 e. The Hall–Kier alpha value is -3.36. The predicted molar refractivity (Wildman–Crippen MR) is 171 cm³/mol. The van der Waals surface area contributed by atoms with Crippen molar-refractivity contribution in [3.05, 3.63) is 100 Å². The molecule has 0 aromatic heterocycles. The Balaban J connectivity index is 1.92. The van der Waals surface area contributed by atoms with Gasteiger partial charge >= 0.3 is 0 Å². The summed E-state index contributed by atoms with van der Waals surface area (Å²) in [5.74, 6) is -0.480. The topological polar surface area (TPSA) is 86.8 Å². The van der Waals surface area contributed by atoms with E-state index >= 15 is 0 Å². The molecule has 0 radical (unpaired) electrons. The second kappa shape index (κ2) is 15.2. The average molecular weight is 612 g/mol. The van der Waals surface area contributed by atoms with Crippen molar-refractivity contribution in [2.24, 2.45) is 0 Å². The summed E-state index contributed by atoms with van der Waals surface area (Å²) in [6, 6.07) is 21.6.